The molecule has 0 atom stereocenters. The summed E-state index contributed by atoms with van der Waals surface area (Å²) >= 11 is 0. The molecule has 3 rings (SSSR count). The number of guanidine groups is 1. The molecule has 2 aliphatic rings. The van der Waals surface area contributed by atoms with Gasteiger partial charge in [-0.2, -0.15) is 0 Å². The van der Waals surface area contributed by atoms with E-state index >= 15 is 0 Å². The van der Waals surface area contributed by atoms with Gasteiger partial charge in [-0.25, -0.2) is 0 Å². The first kappa shape index (κ1) is 27.0. The van der Waals surface area contributed by atoms with Crippen LogP contribution in [-0.2, 0) is 5.41 Å². The van der Waals surface area contributed by atoms with Gasteiger partial charge in [0.2, 0.25) is 0 Å². The highest BCUT2D eigenvalue weighted by Crippen LogP contribution is 2.33. The summed E-state index contributed by atoms with van der Waals surface area (Å²) in [7, 11) is 5.20. The minimum absolute atomic E-state index is 0. The Morgan fingerprint density at radius 2 is 1.69 bits per heavy atom. The number of hydrogen-bond donors (Lipinski definition) is 2. The fourth-order valence-corrected chi connectivity index (χ4v) is 4.91. The second-order valence-corrected chi connectivity index (χ2v) is 9.63. The van der Waals surface area contributed by atoms with E-state index < -0.39 is 0 Å². The lowest BCUT2D eigenvalue weighted by Gasteiger charge is -2.39. The van der Waals surface area contributed by atoms with Gasteiger partial charge in [-0.15, -0.1) is 24.0 Å². The van der Waals surface area contributed by atoms with Gasteiger partial charge in [0, 0.05) is 44.2 Å². The van der Waals surface area contributed by atoms with Crippen LogP contribution in [0.1, 0.15) is 64.4 Å². The maximum Gasteiger partial charge on any atom is 0.191 e. The normalized spacial score (nSPS) is 19.2. The van der Waals surface area contributed by atoms with Crippen molar-refractivity contribution in [1.29, 1.82) is 0 Å². The van der Waals surface area contributed by atoms with E-state index in [0.29, 0.717) is 6.04 Å². The van der Waals surface area contributed by atoms with Crippen LogP contribution in [0.5, 0.6) is 11.5 Å². The zero-order chi connectivity index (χ0) is 22.3. The number of rotatable bonds is 7. The summed E-state index contributed by atoms with van der Waals surface area (Å²) in [5.74, 6) is 2.41. The third-order valence-electron chi connectivity index (χ3n) is 7.05. The van der Waals surface area contributed by atoms with Gasteiger partial charge in [0.05, 0.1) is 14.2 Å². The lowest BCUT2D eigenvalue weighted by atomic mass is 9.84. The Labute approximate surface area is 211 Å². The molecule has 2 N–H and O–H groups in total. The molecule has 1 saturated heterocycles. The molecular weight excluding hydrogens is 515 g/mol. The van der Waals surface area contributed by atoms with Crippen molar-refractivity contribution in [2.45, 2.75) is 76.3 Å². The molecule has 1 aromatic rings. The summed E-state index contributed by atoms with van der Waals surface area (Å²) in [6.45, 7) is 7.66. The van der Waals surface area contributed by atoms with Crippen molar-refractivity contribution < 1.29 is 9.47 Å². The maximum absolute atomic E-state index is 5.49. The van der Waals surface area contributed by atoms with Gasteiger partial charge in [0.15, 0.2) is 17.5 Å². The second kappa shape index (κ2) is 12.9. The SMILES string of the molecule is CN=C(NCC(C)(C)c1ccc(OC)c(OC)c1)NC1CCN(C2CCCCC2)CC1.I. The number of methoxy groups -OCH3 is 2. The summed E-state index contributed by atoms with van der Waals surface area (Å²) in [6.07, 6.45) is 9.42. The molecule has 1 aliphatic carbocycles. The van der Waals surface area contributed by atoms with Crippen molar-refractivity contribution in [3.8, 4) is 11.5 Å². The third-order valence-corrected chi connectivity index (χ3v) is 7.05. The molecule has 0 radical (unpaired) electrons. The van der Waals surface area contributed by atoms with Crippen LogP contribution in [0, 0.1) is 0 Å². The summed E-state index contributed by atoms with van der Waals surface area (Å²) < 4.78 is 10.9. The van der Waals surface area contributed by atoms with Crippen molar-refractivity contribution in [3.05, 3.63) is 23.8 Å². The Bertz CT molecular complexity index is 727. The molecule has 1 heterocycles. The standard InChI is InChI=1S/C25H42N4O2.HI/c1-25(2,19-11-12-22(30-4)23(17-19)31-5)18-27-24(26-3)28-20-13-15-29(16-14-20)21-9-7-6-8-10-21;/h11-12,17,20-21H,6-10,13-16,18H2,1-5H3,(H2,26,27,28);1H. The Balaban J connectivity index is 0.00000363. The number of ether oxygens (including phenoxy) is 2. The fourth-order valence-electron chi connectivity index (χ4n) is 4.91. The highest BCUT2D eigenvalue weighted by Gasteiger charge is 2.27. The highest BCUT2D eigenvalue weighted by atomic mass is 127. The van der Waals surface area contributed by atoms with E-state index in [0.717, 1.165) is 30.0 Å². The van der Waals surface area contributed by atoms with E-state index in [4.69, 9.17) is 9.47 Å². The van der Waals surface area contributed by atoms with Crippen LogP contribution in [0.3, 0.4) is 0 Å². The number of likely N-dealkylation sites (tertiary alicyclic amines) is 1. The van der Waals surface area contributed by atoms with E-state index in [1.165, 1.54) is 63.6 Å². The van der Waals surface area contributed by atoms with Crippen molar-refractivity contribution >= 4 is 29.9 Å². The summed E-state index contributed by atoms with van der Waals surface area (Å²) in [5.41, 5.74) is 1.12. The molecule has 0 unspecified atom stereocenters. The summed E-state index contributed by atoms with van der Waals surface area (Å²) in [4.78, 5) is 7.21. The number of piperidine rings is 1. The molecular formula is C25H43IN4O2. The summed E-state index contributed by atoms with van der Waals surface area (Å²) in [5, 5.41) is 7.21. The van der Waals surface area contributed by atoms with Gasteiger partial charge in [-0.3, -0.25) is 4.99 Å². The van der Waals surface area contributed by atoms with Crippen LogP contribution in [0.2, 0.25) is 0 Å². The average Bonchev–Trinajstić information content (AvgIpc) is 2.82. The Morgan fingerprint density at radius 3 is 2.28 bits per heavy atom. The van der Waals surface area contributed by atoms with Crippen LogP contribution in [-0.4, -0.2) is 63.8 Å². The van der Waals surface area contributed by atoms with Crippen LogP contribution >= 0.6 is 24.0 Å². The van der Waals surface area contributed by atoms with Crippen molar-refractivity contribution in [2.24, 2.45) is 4.99 Å². The molecule has 182 valence electrons. The molecule has 1 aromatic carbocycles. The van der Waals surface area contributed by atoms with Gasteiger partial charge in [0.25, 0.3) is 0 Å². The monoisotopic (exact) mass is 558 g/mol. The zero-order valence-electron chi connectivity index (χ0n) is 20.6. The maximum atomic E-state index is 5.49. The lowest BCUT2D eigenvalue weighted by Crippen LogP contribution is -2.52. The largest absolute Gasteiger partial charge is 0.493 e. The molecule has 0 aromatic heterocycles. The first-order valence-electron chi connectivity index (χ1n) is 11.9. The molecule has 0 spiro atoms. The molecule has 1 saturated carbocycles. The van der Waals surface area contributed by atoms with Gasteiger partial charge in [-0.05, 0) is 43.4 Å². The number of hydrogen-bond acceptors (Lipinski definition) is 4. The number of benzene rings is 1. The molecule has 2 fully saturated rings. The predicted molar refractivity (Wildman–Crippen MR) is 144 cm³/mol. The van der Waals surface area contributed by atoms with E-state index in [1.54, 1.807) is 14.2 Å². The molecule has 1 aliphatic heterocycles. The minimum atomic E-state index is -0.0818. The van der Waals surface area contributed by atoms with Gasteiger partial charge >= 0.3 is 0 Å². The van der Waals surface area contributed by atoms with Crippen LogP contribution in [0.25, 0.3) is 0 Å². The predicted octanol–water partition coefficient (Wildman–Crippen LogP) is 4.56. The topological polar surface area (TPSA) is 58.1 Å². The van der Waals surface area contributed by atoms with E-state index in [9.17, 15) is 0 Å². The quantitative estimate of drug-likeness (QED) is 0.292. The van der Waals surface area contributed by atoms with Crippen LogP contribution in [0.4, 0.5) is 0 Å². The molecule has 6 nitrogen and oxygen atoms in total. The average molecular weight is 559 g/mol. The van der Waals surface area contributed by atoms with Gasteiger partial charge in [-0.1, -0.05) is 39.2 Å². The number of halogens is 1. The van der Waals surface area contributed by atoms with Gasteiger partial charge in [0.1, 0.15) is 0 Å². The van der Waals surface area contributed by atoms with E-state index in [2.05, 4.69) is 46.5 Å². The third kappa shape index (κ3) is 7.14. The van der Waals surface area contributed by atoms with Crippen LogP contribution < -0.4 is 20.1 Å². The van der Waals surface area contributed by atoms with E-state index in [-0.39, 0.29) is 29.4 Å². The number of aliphatic imine (C=N–C) groups is 1. The van der Waals surface area contributed by atoms with Crippen molar-refractivity contribution in [3.63, 3.8) is 0 Å². The number of nitrogens with zero attached hydrogens (tertiary/aromatic N) is 2. The molecule has 0 amide bonds. The Hall–Kier alpha value is -1.22. The molecule has 32 heavy (non-hydrogen) atoms. The molecule has 7 heteroatoms. The Morgan fingerprint density at radius 1 is 1.03 bits per heavy atom. The molecule has 0 bridgehead atoms. The van der Waals surface area contributed by atoms with Crippen molar-refractivity contribution in [1.82, 2.24) is 15.5 Å². The zero-order valence-corrected chi connectivity index (χ0v) is 22.9. The first-order chi connectivity index (χ1) is 15.0. The van der Waals surface area contributed by atoms with Crippen molar-refractivity contribution in [2.75, 3.05) is 40.9 Å². The van der Waals surface area contributed by atoms with E-state index in [1.807, 2.05) is 13.1 Å². The highest BCUT2D eigenvalue weighted by molar-refractivity contribution is 14.0. The smallest absolute Gasteiger partial charge is 0.191 e. The second-order valence-electron chi connectivity index (χ2n) is 9.63. The fraction of sp³-hybridized carbons (Fsp3) is 0.720. The Kier molecular flexibility index (Phi) is 10.9. The number of nitrogens with one attached hydrogen (secondary N) is 2. The summed E-state index contributed by atoms with van der Waals surface area (Å²) in [6, 6.07) is 7.48. The van der Waals surface area contributed by atoms with Crippen LogP contribution in [0.15, 0.2) is 23.2 Å². The minimum Gasteiger partial charge on any atom is -0.493 e. The first-order valence-corrected chi connectivity index (χ1v) is 11.9. The lowest BCUT2D eigenvalue weighted by molar-refractivity contribution is 0.119. The van der Waals surface area contributed by atoms with Gasteiger partial charge < -0.3 is 25.0 Å².